The number of hydrogen-bond donors (Lipinski definition) is 2. The lowest BCUT2D eigenvalue weighted by atomic mass is 10.1. The molecule has 0 atom stereocenters. The fourth-order valence-electron chi connectivity index (χ4n) is 2.32. The van der Waals surface area contributed by atoms with Crippen molar-refractivity contribution in [3.8, 4) is 0 Å². The fraction of sp³-hybridized carbons (Fsp3) is 0.0625. The Kier molecular flexibility index (Phi) is 3.34. The maximum Gasteiger partial charge on any atom is 0.271 e. The second-order valence-electron chi connectivity index (χ2n) is 4.98. The van der Waals surface area contributed by atoms with Gasteiger partial charge in [-0.3, -0.25) is 10.1 Å². The Labute approximate surface area is 126 Å². The highest BCUT2D eigenvalue weighted by Gasteiger charge is 2.09. The topological polar surface area (TPSA) is 94.1 Å². The molecule has 0 fully saturated rings. The highest BCUT2D eigenvalue weighted by molar-refractivity contribution is 6.01. The fourth-order valence-corrected chi connectivity index (χ4v) is 2.32. The van der Waals surface area contributed by atoms with E-state index < -0.39 is 4.92 Å². The van der Waals surface area contributed by atoms with Crippen LogP contribution in [-0.2, 0) is 0 Å². The number of nitrogen functional groups attached to an aromatic ring is 1. The average Bonchev–Trinajstić information content (AvgIpc) is 2.52. The van der Waals surface area contributed by atoms with Crippen LogP contribution in [0.25, 0.3) is 10.8 Å². The number of nitro benzene ring substituents is 1. The molecule has 0 saturated carbocycles. The Bertz CT molecular complexity index is 877. The van der Waals surface area contributed by atoms with Crippen LogP contribution in [0.4, 0.5) is 22.9 Å². The molecule has 3 aromatic rings. The van der Waals surface area contributed by atoms with Gasteiger partial charge in [-0.1, -0.05) is 18.2 Å². The number of hydrogen-bond acceptors (Lipinski definition) is 5. The van der Waals surface area contributed by atoms with Crippen molar-refractivity contribution < 1.29 is 4.92 Å². The number of rotatable bonds is 3. The molecule has 0 saturated heterocycles. The molecule has 2 aromatic carbocycles. The third-order valence-corrected chi connectivity index (χ3v) is 3.52. The van der Waals surface area contributed by atoms with E-state index in [-0.39, 0.29) is 5.69 Å². The van der Waals surface area contributed by atoms with E-state index in [0.717, 1.165) is 16.3 Å². The van der Waals surface area contributed by atoms with E-state index in [0.29, 0.717) is 17.2 Å². The van der Waals surface area contributed by atoms with Gasteiger partial charge in [0.15, 0.2) is 0 Å². The number of nitrogens with zero attached hydrogens (tertiary/aromatic N) is 2. The van der Waals surface area contributed by atoms with Gasteiger partial charge in [-0.25, -0.2) is 4.98 Å². The molecule has 0 aliphatic heterocycles. The Morgan fingerprint density at radius 3 is 2.77 bits per heavy atom. The van der Waals surface area contributed by atoms with Gasteiger partial charge in [0, 0.05) is 40.5 Å². The summed E-state index contributed by atoms with van der Waals surface area (Å²) in [6.45, 7) is 1.95. The van der Waals surface area contributed by atoms with Crippen molar-refractivity contribution in [1.82, 2.24) is 4.98 Å². The lowest BCUT2D eigenvalue weighted by Crippen LogP contribution is -1.98. The summed E-state index contributed by atoms with van der Waals surface area (Å²) >= 11 is 0. The van der Waals surface area contributed by atoms with Crippen LogP contribution in [0.3, 0.4) is 0 Å². The third kappa shape index (κ3) is 2.42. The van der Waals surface area contributed by atoms with Gasteiger partial charge in [0.05, 0.1) is 4.92 Å². The minimum absolute atomic E-state index is 0.0283. The SMILES string of the molecule is Cc1ccc2c(Nc3cccc([N+](=O)[O-])c3)nccc2c1N. The van der Waals surface area contributed by atoms with E-state index in [9.17, 15) is 10.1 Å². The van der Waals surface area contributed by atoms with Crippen LogP contribution in [0.2, 0.25) is 0 Å². The molecule has 0 aliphatic rings. The number of anilines is 3. The maximum absolute atomic E-state index is 10.8. The molecule has 0 bridgehead atoms. The van der Waals surface area contributed by atoms with E-state index in [1.165, 1.54) is 12.1 Å². The Balaban J connectivity index is 2.06. The second kappa shape index (κ2) is 5.33. The minimum Gasteiger partial charge on any atom is -0.398 e. The molecule has 6 nitrogen and oxygen atoms in total. The average molecular weight is 294 g/mol. The molecular formula is C16H14N4O2. The minimum atomic E-state index is -0.428. The molecule has 22 heavy (non-hydrogen) atoms. The lowest BCUT2D eigenvalue weighted by molar-refractivity contribution is -0.384. The zero-order chi connectivity index (χ0) is 15.7. The Hall–Kier alpha value is -3.15. The summed E-state index contributed by atoms with van der Waals surface area (Å²) in [6.07, 6.45) is 1.66. The smallest absolute Gasteiger partial charge is 0.271 e. The summed E-state index contributed by atoms with van der Waals surface area (Å²) in [5, 5.41) is 15.7. The molecule has 0 aliphatic carbocycles. The van der Waals surface area contributed by atoms with E-state index in [1.807, 2.05) is 25.1 Å². The van der Waals surface area contributed by atoms with Gasteiger partial charge in [0.1, 0.15) is 5.82 Å². The van der Waals surface area contributed by atoms with Gasteiger partial charge in [-0.2, -0.15) is 0 Å². The van der Waals surface area contributed by atoms with Crippen molar-refractivity contribution in [2.75, 3.05) is 11.1 Å². The first-order valence-electron chi connectivity index (χ1n) is 6.71. The summed E-state index contributed by atoms with van der Waals surface area (Å²) < 4.78 is 0. The second-order valence-corrected chi connectivity index (χ2v) is 4.98. The monoisotopic (exact) mass is 294 g/mol. The largest absolute Gasteiger partial charge is 0.398 e. The first kappa shape index (κ1) is 13.8. The number of nitro groups is 1. The van der Waals surface area contributed by atoms with Gasteiger partial charge in [0.2, 0.25) is 0 Å². The molecule has 6 heteroatoms. The number of non-ortho nitro benzene ring substituents is 1. The number of nitrogens with two attached hydrogens (primary N) is 1. The number of fused-ring (bicyclic) bond motifs is 1. The van der Waals surface area contributed by atoms with E-state index >= 15 is 0 Å². The number of benzene rings is 2. The van der Waals surface area contributed by atoms with E-state index in [2.05, 4.69) is 10.3 Å². The van der Waals surface area contributed by atoms with Crippen LogP contribution in [0, 0.1) is 17.0 Å². The zero-order valence-corrected chi connectivity index (χ0v) is 11.9. The molecule has 0 unspecified atom stereocenters. The van der Waals surface area contributed by atoms with Crippen LogP contribution < -0.4 is 11.1 Å². The molecule has 1 heterocycles. The molecule has 0 radical (unpaired) electrons. The quantitative estimate of drug-likeness (QED) is 0.435. The normalized spacial score (nSPS) is 10.6. The number of pyridine rings is 1. The molecule has 1 aromatic heterocycles. The standard InChI is InChI=1S/C16H14N4O2/c1-10-5-6-14-13(15(10)17)7-8-18-16(14)19-11-3-2-4-12(9-11)20(21)22/h2-9H,17H2,1H3,(H,18,19). The number of nitrogens with one attached hydrogen (secondary N) is 1. The van der Waals surface area contributed by atoms with Gasteiger partial charge < -0.3 is 11.1 Å². The van der Waals surface area contributed by atoms with Crippen molar-refractivity contribution in [1.29, 1.82) is 0 Å². The molecular weight excluding hydrogens is 280 g/mol. The van der Waals surface area contributed by atoms with Crippen LogP contribution >= 0.6 is 0 Å². The Morgan fingerprint density at radius 1 is 1.18 bits per heavy atom. The lowest BCUT2D eigenvalue weighted by Gasteiger charge is -2.11. The Morgan fingerprint density at radius 2 is 2.00 bits per heavy atom. The van der Waals surface area contributed by atoms with Crippen LogP contribution in [0.1, 0.15) is 5.56 Å². The molecule has 0 spiro atoms. The molecule has 110 valence electrons. The van der Waals surface area contributed by atoms with Crippen LogP contribution in [0.15, 0.2) is 48.7 Å². The van der Waals surface area contributed by atoms with Crippen molar-refractivity contribution in [3.63, 3.8) is 0 Å². The predicted octanol–water partition coefficient (Wildman–Crippen LogP) is 3.78. The van der Waals surface area contributed by atoms with Gasteiger partial charge in [0.25, 0.3) is 5.69 Å². The summed E-state index contributed by atoms with van der Waals surface area (Å²) in [5.74, 6) is 0.615. The van der Waals surface area contributed by atoms with Crippen LogP contribution in [0.5, 0.6) is 0 Å². The highest BCUT2D eigenvalue weighted by atomic mass is 16.6. The van der Waals surface area contributed by atoms with E-state index in [4.69, 9.17) is 5.73 Å². The maximum atomic E-state index is 10.8. The summed E-state index contributed by atoms with van der Waals surface area (Å²) in [4.78, 5) is 14.7. The summed E-state index contributed by atoms with van der Waals surface area (Å²) in [7, 11) is 0. The number of aromatic nitrogens is 1. The van der Waals surface area contributed by atoms with Gasteiger partial charge in [-0.15, -0.1) is 0 Å². The summed E-state index contributed by atoms with van der Waals surface area (Å²) in [6, 6.07) is 12.0. The predicted molar refractivity (Wildman–Crippen MR) is 87.3 cm³/mol. The summed E-state index contributed by atoms with van der Waals surface area (Å²) in [5.41, 5.74) is 8.44. The number of aryl methyl sites for hydroxylation is 1. The highest BCUT2D eigenvalue weighted by Crippen LogP contribution is 2.30. The molecule has 3 rings (SSSR count). The van der Waals surface area contributed by atoms with Crippen molar-refractivity contribution >= 4 is 33.7 Å². The van der Waals surface area contributed by atoms with Crippen molar-refractivity contribution in [2.24, 2.45) is 0 Å². The molecule has 0 amide bonds. The van der Waals surface area contributed by atoms with E-state index in [1.54, 1.807) is 18.3 Å². The third-order valence-electron chi connectivity index (χ3n) is 3.52. The molecule has 3 N–H and O–H groups in total. The zero-order valence-electron chi connectivity index (χ0n) is 11.9. The first-order chi connectivity index (χ1) is 10.6. The first-order valence-corrected chi connectivity index (χ1v) is 6.71. The van der Waals surface area contributed by atoms with Crippen molar-refractivity contribution in [2.45, 2.75) is 6.92 Å². The van der Waals surface area contributed by atoms with Gasteiger partial charge >= 0.3 is 0 Å². The van der Waals surface area contributed by atoms with Crippen LogP contribution in [-0.4, -0.2) is 9.91 Å². The van der Waals surface area contributed by atoms with Crippen molar-refractivity contribution in [3.05, 3.63) is 64.3 Å². The van der Waals surface area contributed by atoms with Gasteiger partial charge in [-0.05, 0) is 24.6 Å².